The maximum absolute atomic E-state index is 12.4. The highest BCUT2D eigenvalue weighted by Gasteiger charge is 2.32. The third kappa shape index (κ3) is 4.42. The van der Waals surface area contributed by atoms with Gasteiger partial charge in [0.15, 0.2) is 0 Å². The Kier molecular flexibility index (Phi) is 5.84. The molecule has 2 aromatic rings. The van der Waals surface area contributed by atoms with Gasteiger partial charge in [-0.2, -0.15) is 5.10 Å². The zero-order chi connectivity index (χ0) is 20.3. The summed E-state index contributed by atoms with van der Waals surface area (Å²) in [7, 11) is -3.31. The molecule has 28 heavy (non-hydrogen) atoms. The van der Waals surface area contributed by atoms with Gasteiger partial charge in [-0.15, -0.1) is 0 Å². The summed E-state index contributed by atoms with van der Waals surface area (Å²) in [5.41, 5.74) is 4.43. The third-order valence-corrected chi connectivity index (χ3v) is 6.11. The van der Waals surface area contributed by atoms with E-state index in [9.17, 15) is 13.2 Å². The first kappa shape index (κ1) is 20.1. The van der Waals surface area contributed by atoms with Crippen molar-refractivity contribution in [3.05, 3.63) is 65.2 Å². The van der Waals surface area contributed by atoms with Crippen molar-refractivity contribution in [2.24, 2.45) is 5.10 Å². The van der Waals surface area contributed by atoms with Crippen molar-refractivity contribution >= 4 is 27.3 Å². The number of anilines is 1. The van der Waals surface area contributed by atoms with E-state index in [4.69, 9.17) is 0 Å². The van der Waals surface area contributed by atoms with Crippen LogP contribution in [0.5, 0.6) is 0 Å². The largest absolute Gasteiger partial charge is 0.284 e. The van der Waals surface area contributed by atoms with Gasteiger partial charge in [0.1, 0.15) is 0 Å². The van der Waals surface area contributed by atoms with E-state index in [1.807, 2.05) is 50.2 Å². The van der Waals surface area contributed by atoms with Crippen molar-refractivity contribution in [2.45, 2.75) is 39.7 Å². The smallest absolute Gasteiger partial charge is 0.242 e. The summed E-state index contributed by atoms with van der Waals surface area (Å²) < 4.78 is 25.9. The molecule has 0 aromatic heterocycles. The van der Waals surface area contributed by atoms with Crippen LogP contribution in [0.15, 0.2) is 53.6 Å². The van der Waals surface area contributed by atoms with Crippen LogP contribution < -0.4 is 4.72 Å². The summed E-state index contributed by atoms with van der Waals surface area (Å²) in [6.45, 7) is 5.45. The number of carbonyl (C=O) groups is 1. The van der Waals surface area contributed by atoms with Gasteiger partial charge in [-0.05, 0) is 37.1 Å². The lowest BCUT2D eigenvalue weighted by molar-refractivity contribution is -0.132. The molecule has 0 saturated carbocycles. The first-order chi connectivity index (χ1) is 13.3. The van der Waals surface area contributed by atoms with Gasteiger partial charge in [0.2, 0.25) is 15.9 Å². The van der Waals surface area contributed by atoms with Crippen LogP contribution in [0.25, 0.3) is 0 Å². The Morgan fingerprint density at radius 2 is 1.75 bits per heavy atom. The molecule has 1 aliphatic rings. The highest BCUT2D eigenvalue weighted by atomic mass is 32.2. The summed E-state index contributed by atoms with van der Waals surface area (Å²) in [6, 6.07) is 15.1. The van der Waals surface area contributed by atoms with E-state index in [1.165, 1.54) is 5.56 Å². The maximum Gasteiger partial charge on any atom is 0.242 e. The number of carbonyl (C=O) groups excluding carboxylic acids is 1. The number of rotatable bonds is 6. The van der Waals surface area contributed by atoms with Gasteiger partial charge < -0.3 is 0 Å². The molecule has 1 atom stereocenters. The highest BCUT2D eigenvalue weighted by Crippen LogP contribution is 2.33. The second kappa shape index (κ2) is 8.14. The zero-order valence-electron chi connectivity index (χ0n) is 16.3. The van der Waals surface area contributed by atoms with Crippen LogP contribution in [-0.4, -0.2) is 30.8 Å². The minimum absolute atomic E-state index is 0.0205. The van der Waals surface area contributed by atoms with Gasteiger partial charge in [-0.3, -0.25) is 9.52 Å². The molecule has 0 radical (unpaired) electrons. The van der Waals surface area contributed by atoms with Crippen molar-refractivity contribution in [3.8, 4) is 0 Å². The minimum atomic E-state index is -3.31. The lowest BCUT2D eigenvalue weighted by atomic mass is 9.97. The summed E-state index contributed by atoms with van der Waals surface area (Å²) in [4.78, 5) is 12.4. The standard InChI is InChI=1S/C21H25N3O3S/c1-4-21(25)24-20(17-8-6-15(3)7-9-17)14-19(22-24)16-10-12-18(13-11-16)23-28(26,27)5-2/h6-13,20,23H,4-5,14H2,1-3H3. The van der Waals surface area contributed by atoms with Crippen LogP contribution in [0, 0.1) is 6.92 Å². The molecular weight excluding hydrogens is 374 g/mol. The second-order valence-corrected chi connectivity index (χ2v) is 8.86. The van der Waals surface area contributed by atoms with E-state index in [0.717, 1.165) is 16.8 Å². The van der Waals surface area contributed by atoms with Gasteiger partial charge in [0.05, 0.1) is 17.5 Å². The van der Waals surface area contributed by atoms with Crippen molar-refractivity contribution < 1.29 is 13.2 Å². The summed E-state index contributed by atoms with van der Waals surface area (Å²) in [6.07, 6.45) is 1.01. The lowest BCUT2D eigenvalue weighted by Crippen LogP contribution is -2.26. The molecule has 6 nitrogen and oxygen atoms in total. The Labute approximate surface area is 166 Å². The number of benzene rings is 2. The van der Waals surface area contributed by atoms with Crippen molar-refractivity contribution in [3.63, 3.8) is 0 Å². The maximum atomic E-state index is 12.4. The Bertz CT molecular complexity index is 981. The number of hydrazone groups is 1. The van der Waals surface area contributed by atoms with Crippen LogP contribution in [0.3, 0.4) is 0 Å². The molecule has 1 N–H and O–H groups in total. The monoisotopic (exact) mass is 399 g/mol. The first-order valence-corrected chi connectivity index (χ1v) is 11.0. The molecule has 1 aliphatic heterocycles. The Balaban J connectivity index is 1.85. The van der Waals surface area contributed by atoms with E-state index in [2.05, 4.69) is 9.82 Å². The van der Waals surface area contributed by atoms with Crippen LogP contribution in [-0.2, 0) is 14.8 Å². The molecular formula is C21H25N3O3S. The van der Waals surface area contributed by atoms with Crippen molar-refractivity contribution in [1.82, 2.24) is 5.01 Å². The average Bonchev–Trinajstić information content (AvgIpc) is 3.13. The fourth-order valence-corrected chi connectivity index (χ4v) is 3.75. The zero-order valence-corrected chi connectivity index (χ0v) is 17.2. The molecule has 1 amide bonds. The molecule has 3 rings (SSSR count). The predicted molar refractivity (Wildman–Crippen MR) is 112 cm³/mol. The van der Waals surface area contributed by atoms with Crippen molar-refractivity contribution in [1.29, 1.82) is 0 Å². The van der Waals surface area contributed by atoms with Crippen LogP contribution in [0.2, 0.25) is 0 Å². The van der Waals surface area contributed by atoms with Gasteiger partial charge in [-0.1, -0.05) is 48.9 Å². The molecule has 0 aliphatic carbocycles. The Hall–Kier alpha value is -2.67. The van der Waals surface area contributed by atoms with Gasteiger partial charge >= 0.3 is 0 Å². The normalized spacial score (nSPS) is 16.8. The number of aryl methyl sites for hydroxylation is 1. The fraction of sp³-hybridized carbons (Fsp3) is 0.333. The lowest BCUT2D eigenvalue weighted by Gasteiger charge is -2.21. The minimum Gasteiger partial charge on any atom is -0.284 e. The molecule has 1 heterocycles. The number of amides is 1. The van der Waals surface area contributed by atoms with Crippen molar-refractivity contribution in [2.75, 3.05) is 10.5 Å². The molecule has 0 spiro atoms. The van der Waals surface area contributed by atoms with Gasteiger partial charge in [0.25, 0.3) is 0 Å². The molecule has 2 aromatic carbocycles. The van der Waals surface area contributed by atoms with Crippen LogP contribution in [0.4, 0.5) is 5.69 Å². The molecule has 0 saturated heterocycles. The topological polar surface area (TPSA) is 78.8 Å². The molecule has 7 heteroatoms. The van der Waals surface area contributed by atoms with Crippen LogP contribution >= 0.6 is 0 Å². The van der Waals surface area contributed by atoms with E-state index < -0.39 is 10.0 Å². The van der Waals surface area contributed by atoms with Gasteiger partial charge in [-0.25, -0.2) is 13.4 Å². The quantitative estimate of drug-likeness (QED) is 0.801. The number of hydrogen-bond donors (Lipinski definition) is 1. The number of sulfonamides is 1. The molecule has 0 fully saturated rings. The van der Waals surface area contributed by atoms with Crippen LogP contribution in [0.1, 0.15) is 49.4 Å². The predicted octanol–water partition coefficient (Wildman–Crippen LogP) is 3.84. The summed E-state index contributed by atoms with van der Waals surface area (Å²) in [5.74, 6) is 0.00114. The summed E-state index contributed by atoms with van der Waals surface area (Å²) >= 11 is 0. The Morgan fingerprint density at radius 3 is 2.32 bits per heavy atom. The fourth-order valence-electron chi connectivity index (χ4n) is 3.11. The van der Waals surface area contributed by atoms with Gasteiger partial charge in [0, 0.05) is 18.5 Å². The number of nitrogens with zero attached hydrogens (tertiary/aromatic N) is 2. The summed E-state index contributed by atoms with van der Waals surface area (Å²) in [5, 5.41) is 6.17. The van der Waals surface area contributed by atoms with E-state index in [0.29, 0.717) is 18.5 Å². The number of nitrogens with one attached hydrogen (secondary N) is 1. The van der Waals surface area contributed by atoms with E-state index in [1.54, 1.807) is 24.1 Å². The second-order valence-electron chi connectivity index (χ2n) is 6.85. The average molecular weight is 400 g/mol. The van der Waals surface area contributed by atoms with E-state index in [-0.39, 0.29) is 17.7 Å². The molecule has 0 bridgehead atoms. The Morgan fingerprint density at radius 1 is 1.11 bits per heavy atom. The van der Waals surface area contributed by atoms with E-state index >= 15 is 0 Å². The highest BCUT2D eigenvalue weighted by molar-refractivity contribution is 7.92. The first-order valence-electron chi connectivity index (χ1n) is 9.40. The SMILES string of the molecule is CCC(=O)N1N=C(c2ccc(NS(=O)(=O)CC)cc2)CC1c1ccc(C)cc1. The molecule has 1 unspecified atom stereocenters. The molecule has 148 valence electrons. The third-order valence-electron chi connectivity index (χ3n) is 4.80. The number of hydrogen-bond acceptors (Lipinski definition) is 4.